The molecule has 0 fully saturated rings. The van der Waals surface area contributed by atoms with E-state index < -0.39 is 0 Å². The summed E-state index contributed by atoms with van der Waals surface area (Å²) in [6, 6.07) is 11.1. The third kappa shape index (κ3) is 2.86. The third-order valence-corrected chi connectivity index (χ3v) is 3.61. The van der Waals surface area contributed by atoms with Gasteiger partial charge in [-0.1, -0.05) is 0 Å². The first kappa shape index (κ1) is 14.2. The highest BCUT2D eigenvalue weighted by Gasteiger charge is 2.08. The minimum atomic E-state index is 0.556. The summed E-state index contributed by atoms with van der Waals surface area (Å²) in [5.74, 6) is 0.616. The molecule has 0 saturated carbocycles. The Bertz CT molecular complexity index is 692. The highest BCUT2D eigenvalue weighted by Crippen LogP contribution is 2.34. The second-order valence-electron chi connectivity index (χ2n) is 4.34. The maximum atomic E-state index is 8.90. The molecule has 0 aliphatic rings. The molecule has 0 bridgehead atoms. The van der Waals surface area contributed by atoms with Crippen LogP contribution in [0, 0.1) is 18.3 Å². The van der Waals surface area contributed by atoms with Crippen LogP contribution in [0.25, 0.3) is 0 Å². The zero-order valence-electron chi connectivity index (χ0n) is 11.2. The van der Waals surface area contributed by atoms with Crippen LogP contribution < -0.4 is 15.8 Å². The number of halogens is 1. The van der Waals surface area contributed by atoms with Crippen LogP contribution in [-0.2, 0) is 0 Å². The van der Waals surface area contributed by atoms with Gasteiger partial charge in [-0.15, -0.1) is 0 Å². The lowest BCUT2D eigenvalue weighted by Gasteiger charge is -2.14. The third-order valence-electron chi connectivity index (χ3n) is 2.96. The van der Waals surface area contributed by atoms with Gasteiger partial charge in [-0.2, -0.15) is 5.26 Å². The summed E-state index contributed by atoms with van der Waals surface area (Å²) in [7, 11) is 1.57. The van der Waals surface area contributed by atoms with Crippen LogP contribution in [-0.4, -0.2) is 7.11 Å². The van der Waals surface area contributed by atoms with Gasteiger partial charge >= 0.3 is 0 Å². The normalized spacial score (nSPS) is 9.90. The number of nitrogens with one attached hydrogen (secondary N) is 1. The van der Waals surface area contributed by atoms with Crippen LogP contribution in [0.4, 0.5) is 17.1 Å². The van der Waals surface area contributed by atoms with E-state index in [9.17, 15) is 0 Å². The van der Waals surface area contributed by atoms with Crippen LogP contribution in [0.5, 0.6) is 5.75 Å². The molecule has 2 aromatic rings. The molecule has 0 amide bonds. The van der Waals surface area contributed by atoms with Crippen molar-refractivity contribution in [3.8, 4) is 11.8 Å². The molecular formula is C15H14BrN3O. The zero-order valence-corrected chi connectivity index (χ0v) is 12.8. The summed E-state index contributed by atoms with van der Waals surface area (Å²) < 4.78 is 6.17. The molecule has 0 spiro atoms. The van der Waals surface area contributed by atoms with Gasteiger partial charge in [0.1, 0.15) is 5.75 Å². The number of benzene rings is 2. The molecule has 0 heterocycles. The maximum Gasteiger partial charge on any atom is 0.143 e. The number of methoxy groups -OCH3 is 1. The molecule has 0 unspecified atom stereocenters. The highest BCUT2D eigenvalue weighted by atomic mass is 79.9. The van der Waals surface area contributed by atoms with Gasteiger partial charge in [-0.05, 0) is 52.7 Å². The molecule has 0 saturated heterocycles. The van der Waals surface area contributed by atoms with Gasteiger partial charge in [-0.25, -0.2) is 0 Å². The summed E-state index contributed by atoms with van der Waals surface area (Å²) in [5, 5.41) is 12.2. The van der Waals surface area contributed by atoms with Gasteiger partial charge < -0.3 is 15.8 Å². The smallest absolute Gasteiger partial charge is 0.143 e. The van der Waals surface area contributed by atoms with Gasteiger partial charge in [0.15, 0.2) is 0 Å². The molecule has 0 radical (unpaired) electrons. The van der Waals surface area contributed by atoms with Crippen LogP contribution in [0.15, 0.2) is 34.8 Å². The Hall–Kier alpha value is -2.19. The summed E-state index contributed by atoms with van der Waals surface area (Å²) in [6.07, 6.45) is 0. The molecule has 2 rings (SSSR count). The van der Waals surface area contributed by atoms with E-state index in [1.54, 1.807) is 19.2 Å². The largest absolute Gasteiger partial charge is 0.495 e. The molecule has 4 nitrogen and oxygen atoms in total. The Morgan fingerprint density at radius 2 is 2.00 bits per heavy atom. The number of nitrogen functional groups attached to an aromatic ring is 1. The molecule has 20 heavy (non-hydrogen) atoms. The molecular weight excluding hydrogens is 318 g/mol. The fourth-order valence-electron chi connectivity index (χ4n) is 1.80. The number of nitrogens with two attached hydrogens (primary N) is 1. The Balaban J connectivity index is 2.40. The molecule has 5 heteroatoms. The highest BCUT2D eigenvalue weighted by molar-refractivity contribution is 9.10. The predicted octanol–water partition coefficient (Wildman–Crippen LogP) is 3.96. The molecule has 0 aliphatic carbocycles. The standard InChI is InChI=1S/C15H14BrN3O/c1-9-5-14(11(16)7-12(9)18)19-13-4-3-10(8-17)6-15(13)20-2/h3-7,19H,18H2,1-2H3. The number of hydrogen-bond donors (Lipinski definition) is 2. The van der Waals surface area contributed by atoms with Crippen molar-refractivity contribution in [2.24, 2.45) is 0 Å². The fourth-order valence-corrected chi connectivity index (χ4v) is 2.26. The lowest BCUT2D eigenvalue weighted by molar-refractivity contribution is 0.416. The van der Waals surface area contributed by atoms with Gasteiger partial charge in [0, 0.05) is 16.2 Å². The quantitative estimate of drug-likeness (QED) is 0.835. The number of hydrogen-bond acceptors (Lipinski definition) is 4. The van der Waals surface area contributed by atoms with Crippen molar-refractivity contribution in [1.29, 1.82) is 5.26 Å². The first-order valence-corrected chi connectivity index (χ1v) is 6.75. The SMILES string of the molecule is COc1cc(C#N)ccc1Nc1cc(C)c(N)cc1Br. The van der Waals surface area contributed by atoms with E-state index in [1.165, 1.54) is 0 Å². The molecule has 3 N–H and O–H groups in total. The molecule has 0 aromatic heterocycles. The molecule has 102 valence electrons. The van der Waals surface area contributed by atoms with E-state index in [0.717, 1.165) is 27.1 Å². The summed E-state index contributed by atoms with van der Waals surface area (Å²) in [6.45, 7) is 1.95. The minimum absolute atomic E-state index is 0.556. The monoisotopic (exact) mass is 331 g/mol. The van der Waals surface area contributed by atoms with Crippen molar-refractivity contribution in [2.45, 2.75) is 6.92 Å². The van der Waals surface area contributed by atoms with Crippen LogP contribution >= 0.6 is 15.9 Å². The first-order valence-electron chi connectivity index (χ1n) is 5.96. The van der Waals surface area contributed by atoms with E-state index >= 15 is 0 Å². The van der Waals surface area contributed by atoms with Gasteiger partial charge in [-0.3, -0.25) is 0 Å². The van der Waals surface area contributed by atoms with Crippen LogP contribution in [0.2, 0.25) is 0 Å². The lowest BCUT2D eigenvalue weighted by Crippen LogP contribution is -1.98. The number of anilines is 3. The van der Waals surface area contributed by atoms with Gasteiger partial charge in [0.25, 0.3) is 0 Å². The number of aryl methyl sites for hydroxylation is 1. The van der Waals surface area contributed by atoms with Crippen molar-refractivity contribution in [3.05, 3.63) is 45.9 Å². The first-order chi connectivity index (χ1) is 9.55. The number of nitrogens with zero attached hydrogens (tertiary/aromatic N) is 1. The Labute approximate surface area is 126 Å². The molecule has 0 atom stereocenters. The van der Waals surface area contributed by atoms with Gasteiger partial charge in [0.2, 0.25) is 0 Å². The van der Waals surface area contributed by atoms with E-state index in [1.807, 2.05) is 25.1 Å². The lowest BCUT2D eigenvalue weighted by atomic mass is 10.1. The molecule has 0 aliphatic heterocycles. The summed E-state index contributed by atoms with van der Waals surface area (Å²) >= 11 is 3.48. The van der Waals surface area contributed by atoms with Crippen molar-refractivity contribution in [3.63, 3.8) is 0 Å². The van der Waals surface area contributed by atoms with Crippen molar-refractivity contribution in [2.75, 3.05) is 18.2 Å². The molecule has 2 aromatic carbocycles. The van der Waals surface area contributed by atoms with Gasteiger partial charge in [0.05, 0.1) is 30.1 Å². The van der Waals surface area contributed by atoms with Crippen LogP contribution in [0.1, 0.15) is 11.1 Å². The number of rotatable bonds is 3. The Morgan fingerprint density at radius 3 is 2.65 bits per heavy atom. The van der Waals surface area contributed by atoms with Crippen molar-refractivity contribution >= 4 is 33.0 Å². The predicted molar refractivity (Wildman–Crippen MR) is 84.3 cm³/mol. The van der Waals surface area contributed by atoms with E-state index in [4.69, 9.17) is 15.7 Å². The van der Waals surface area contributed by atoms with E-state index in [0.29, 0.717) is 11.3 Å². The van der Waals surface area contributed by atoms with Crippen LogP contribution in [0.3, 0.4) is 0 Å². The topological polar surface area (TPSA) is 71.1 Å². The number of ether oxygens (including phenoxy) is 1. The van der Waals surface area contributed by atoms with Crippen molar-refractivity contribution < 1.29 is 4.74 Å². The number of nitriles is 1. The fraction of sp³-hybridized carbons (Fsp3) is 0.133. The summed E-state index contributed by atoms with van der Waals surface area (Å²) in [5.41, 5.74) is 9.81. The minimum Gasteiger partial charge on any atom is -0.495 e. The second kappa shape index (κ2) is 5.85. The van der Waals surface area contributed by atoms with Crippen molar-refractivity contribution in [1.82, 2.24) is 0 Å². The van der Waals surface area contributed by atoms with E-state index in [-0.39, 0.29) is 0 Å². The second-order valence-corrected chi connectivity index (χ2v) is 5.19. The summed E-state index contributed by atoms with van der Waals surface area (Å²) in [4.78, 5) is 0. The average molecular weight is 332 g/mol. The zero-order chi connectivity index (χ0) is 14.7. The van der Waals surface area contributed by atoms with E-state index in [2.05, 4.69) is 27.3 Å². The Kier molecular flexibility index (Phi) is 4.16. The average Bonchev–Trinajstić information content (AvgIpc) is 2.45. The maximum absolute atomic E-state index is 8.90. The Morgan fingerprint density at radius 1 is 1.25 bits per heavy atom.